The van der Waals surface area contributed by atoms with Gasteiger partial charge in [-0.1, -0.05) is 11.3 Å². The smallest absolute Gasteiger partial charge is 0.296 e. The second-order valence-corrected chi connectivity index (χ2v) is 5.73. The van der Waals surface area contributed by atoms with E-state index in [-0.39, 0.29) is 17.1 Å². The van der Waals surface area contributed by atoms with Crippen molar-refractivity contribution in [1.29, 1.82) is 0 Å². The topological polar surface area (TPSA) is 121 Å². The number of nitrogens with zero attached hydrogens (tertiary/aromatic N) is 4. The number of hydrogen-bond acceptors (Lipinski definition) is 7. The molecule has 0 saturated carbocycles. The summed E-state index contributed by atoms with van der Waals surface area (Å²) < 4.78 is 11.7. The van der Waals surface area contributed by atoms with E-state index in [1.807, 2.05) is 0 Å². The number of nitro benzene ring substituents is 1. The number of hydrogen-bond donors (Lipinski definition) is 1. The maximum atomic E-state index is 12.6. The fraction of sp³-hybridized carbons (Fsp3) is 0.167. The fourth-order valence-corrected chi connectivity index (χ4v) is 2.60. The maximum absolute atomic E-state index is 12.6. The number of nitro groups is 1. The molecule has 0 spiro atoms. The zero-order valence-corrected chi connectivity index (χ0v) is 15.4. The van der Waals surface area contributed by atoms with Crippen LogP contribution in [0.2, 0.25) is 0 Å². The van der Waals surface area contributed by atoms with Crippen LogP contribution in [-0.2, 0) is 0 Å². The van der Waals surface area contributed by atoms with Crippen LogP contribution in [0, 0.1) is 17.0 Å². The van der Waals surface area contributed by atoms with Gasteiger partial charge in [-0.25, -0.2) is 4.68 Å². The molecular weight excluding hydrogens is 366 g/mol. The van der Waals surface area contributed by atoms with Crippen molar-refractivity contribution in [3.8, 4) is 17.2 Å². The van der Waals surface area contributed by atoms with Gasteiger partial charge >= 0.3 is 0 Å². The van der Waals surface area contributed by atoms with Crippen molar-refractivity contribution in [3.63, 3.8) is 0 Å². The first-order valence-corrected chi connectivity index (χ1v) is 8.15. The number of carbonyl (C=O) groups excluding carboxylic acids is 1. The maximum Gasteiger partial charge on any atom is 0.296 e. The molecule has 2 aromatic carbocycles. The summed E-state index contributed by atoms with van der Waals surface area (Å²) in [5.41, 5.74) is 0.936. The molecule has 10 nitrogen and oxygen atoms in total. The number of carbonyl (C=O) groups is 1. The van der Waals surface area contributed by atoms with Crippen molar-refractivity contribution in [2.24, 2.45) is 0 Å². The summed E-state index contributed by atoms with van der Waals surface area (Å²) >= 11 is 0. The molecule has 10 heteroatoms. The van der Waals surface area contributed by atoms with Gasteiger partial charge in [-0.3, -0.25) is 14.9 Å². The molecule has 0 unspecified atom stereocenters. The van der Waals surface area contributed by atoms with E-state index in [4.69, 9.17) is 9.47 Å². The monoisotopic (exact) mass is 383 g/mol. The van der Waals surface area contributed by atoms with E-state index in [0.29, 0.717) is 22.9 Å². The average molecular weight is 383 g/mol. The third-order valence-electron chi connectivity index (χ3n) is 4.06. The van der Waals surface area contributed by atoms with Gasteiger partial charge in [0.2, 0.25) is 0 Å². The lowest BCUT2D eigenvalue weighted by molar-refractivity contribution is -0.384. The molecule has 1 aromatic heterocycles. The molecule has 0 atom stereocenters. The minimum atomic E-state index is -0.611. The summed E-state index contributed by atoms with van der Waals surface area (Å²) in [5, 5.41) is 21.7. The largest absolute Gasteiger partial charge is 0.497 e. The summed E-state index contributed by atoms with van der Waals surface area (Å²) in [6.07, 6.45) is 0. The van der Waals surface area contributed by atoms with Crippen molar-refractivity contribution >= 4 is 17.3 Å². The zero-order chi connectivity index (χ0) is 20.3. The Balaban J connectivity index is 1.90. The van der Waals surface area contributed by atoms with Crippen LogP contribution in [0.15, 0.2) is 42.5 Å². The Labute approximate surface area is 159 Å². The Hall–Kier alpha value is -3.95. The van der Waals surface area contributed by atoms with E-state index in [9.17, 15) is 14.9 Å². The molecule has 0 saturated heterocycles. The molecule has 3 aromatic rings. The molecule has 0 fully saturated rings. The van der Waals surface area contributed by atoms with Crippen LogP contribution in [-0.4, -0.2) is 40.0 Å². The third kappa shape index (κ3) is 3.61. The van der Waals surface area contributed by atoms with Gasteiger partial charge in [0.1, 0.15) is 17.2 Å². The van der Waals surface area contributed by atoms with E-state index < -0.39 is 10.8 Å². The second kappa shape index (κ2) is 7.74. The Kier molecular flexibility index (Phi) is 5.21. The highest BCUT2D eigenvalue weighted by Crippen LogP contribution is 2.29. The van der Waals surface area contributed by atoms with Gasteiger partial charge in [-0.05, 0) is 31.2 Å². The summed E-state index contributed by atoms with van der Waals surface area (Å²) in [6.45, 7) is 1.68. The SMILES string of the molecule is COc1cccc(-n2nnc(C(=O)Nc3ccc(OC)cc3[N+](=O)[O-])c2C)c1. The number of methoxy groups -OCH3 is 2. The number of anilines is 1. The van der Waals surface area contributed by atoms with Crippen molar-refractivity contribution < 1.29 is 19.2 Å². The number of aromatic nitrogens is 3. The lowest BCUT2D eigenvalue weighted by atomic mass is 10.2. The average Bonchev–Trinajstić information content (AvgIpc) is 3.09. The highest BCUT2D eigenvalue weighted by molar-refractivity contribution is 6.04. The predicted molar refractivity (Wildman–Crippen MR) is 100 cm³/mol. The van der Waals surface area contributed by atoms with E-state index >= 15 is 0 Å². The van der Waals surface area contributed by atoms with Gasteiger partial charge in [-0.15, -0.1) is 5.10 Å². The van der Waals surface area contributed by atoms with Gasteiger partial charge in [-0.2, -0.15) is 0 Å². The summed E-state index contributed by atoms with van der Waals surface area (Å²) in [5.74, 6) is 0.331. The van der Waals surface area contributed by atoms with Crippen LogP contribution < -0.4 is 14.8 Å². The van der Waals surface area contributed by atoms with Gasteiger partial charge in [0.15, 0.2) is 5.69 Å². The molecule has 3 rings (SSSR count). The van der Waals surface area contributed by atoms with Crippen LogP contribution in [0.3, 0.4) is 0 Å². The molecule has 0 bridgehead atoms. The molecule has 0 aliphatic rings. The number of nitrogens with one attached hydrogen (secondary N) is 1. The number of ether oxygens (including phenoxy) is 2. The normalized spacial score (nSPS) is 10.4. The summed E-state index contributed by atoms with van der Waals surface area (Å²) in [7, 11) is 2.95. The lowest BCUT2D eigenvalue weighted by Gasteiger charge is -2.08. The molecule has 1 N–H and O–H groups in total. The molecular formula is C18H17N5O5. The van der Waals surface area contributed by atoms with Crippen LogP contribution in [0.1, 0.15) is 16.2 Å². The van der Waals surface area contributed by atoms with Crippen LogP contribution >= 0.6 is 0 Å². The highest BCUT2D eigenvalue weighted by Gasteiger charge is 2.22. The van der Waals surface area contributed by atoms with Crippen molar-refractivity contribution in [1.82, 2.24) is 15.0 Å². The first kappa shape index (κ1) is 18.8. The molecule has 0 aliphatic heterocycles. The van der Waals surface area contributed by atoms with Crippen LogP contribution in [0.5, 0.6) is 11.5 Å². The number of amides is 1. The Morgan fingerprint density at radius 3 is 2.54 bits per heavy atom. The predicted octanol–water partition coefficient (Wildman–Crippen LogP) is 2.75. The van der Waals surface area contributed by atoms with Crippen LogP contribution in [0.25, 0.3) is 5.69 Å². The number of benzene rings is 2. The number of rotatable bonds is 6. The highest BCUT2D eigenvalue weighted by atomic mass is 16.6. The Morgan fingerprint density at radius 2 is 1.86 bits per heavy atom. The summed E-state index contributed by atoms with van der Waals surface area (Å²) in [4.78, 5) is 23.3. The quantitative estimate of drug-likeness (QED) is 0.513. The van der Waals surface area contributed by atoms with Gasteiger partial charge in [0, 0.05) is 6.07 Å². The van der Waals surface area contributed by atoms with Crippen molar-refractivity contribution in [2.45, 2.75) is 6.92 Å². The Bertz CT molecular complexity index is 1050. The van der Waals surface area contributed by atoms with Gasteiger partial charge in [0.05, 0.1) is 36.6 Å². The van der Waals surface area contributed by atoms with Crippen LogP contribution in [0.4, 0.5) is 11.4 Å². The van der Waals surface area contributed by atoms with Gasteiger partial charge < -0.3 is 14.8 Å². The molecule has 0 radical (unpaired) electrons. The van der Waals surface area contributed by atoms with E-state index in [1.54, 1.807) is 38.3 Å². The Morgan fingerprint density at radius 1 is 1.14 bits per heavy atom. The van der Waals surface area contributed by atoms with Crippen molar-refractivity contribution in [3.05, 3.63) is 64.0 Å². The van der Waals surface area contributed by atoms with E-state index in [0.717, 1.165) is 0 Å². The summed E-state index contributed by atoms with van der Waals surface area (Å²) in [6, 6.07) is 11.3. The molecule has 144 valence electrons. The molecule has 1 amide bonds. The lowest BCUT2D eigenvalue weighted by Crippen LogP contribution is -2.15. The minimum absolute atomic E-state index is 0.0335. The van der Waals surface area contributed by atoms with E-state index in [2.05, 4.69) is 15.6 Å². The fourth-order valence-electron chi connectivity index (χ4n) is 2.60. The molecule has 28 heavy (non-hydrogen) atoms. The van der Waals surface area contributed by atoms with Gasteiger partial charge in [0.25, 0.3) is 11.6 Å². The van der Waals surface area contributed by atoms with Crippen molar-refractivity contribution in [2.75, 3.05) is 19.5 Å². The second-order valence-electron chi connectivity index (χ2n) is 5.73. The zero-order valence-electron chi connectivity index (χ0n) is 15.4. The molecule has 0 aliphatic carbocycles. The first-order chi connectivity index (χ1) is 13.4. The minimum Gasteiger partial charge on any atom is -0.497 e. The van der Waals surface area contributed by atoms with E-state index in [1.165, 1.54) is 30.0 Å². The molecule has 1 heterocycles. The first-order valence-electron chi connectivity index (χ1n) is 8.15. The standard InChI is InChI=1S/C18H17N5O5/c1-11-17(20-21-22(11)12-5-4-6-13(9-12)27-2)18(24)19-15-8-7-14(28-3)10-16(15)23(25)26/h4-10H,1-3H3,(H,19,24). The third-order valence-corrected chi connectivity index (χ3v) is 4.06.